The predicted molar refractivity (Wildman–Crippen MR) is 280 cm³/mol. The number of benzene rings is 1. The molecule has 57 heavy (non-hydrogen) atoms. The van der Waals surface area contributed by atoms with Crippen LogP contribution in [0.25, 0.3) is 0 Å². The third-order valence-electron chi connectivity index (χ3n) is 9.69. The van der Waals surface area contributed by atoms with E-state index in [-0.39, 0.29) is 0 Å². The molecule has 0 saturated heterocycles. The predicted octanol–water partition coefficient (Wildman–Crippen LogP) is 17.5. The van der Waals surface area contributed by atoms with Crippen LogP contribution in [0.15, 0.2) is 23.3 Å². The molecule has 0 saturated carbocycles. The molecule has 0 spiro atoms. The van der Waals surface area contributed by atoms with Crippen molar-refractivity contribution in [1.82, 2.24) is 0 Å². The van der Waals surface area contributed by atoms with Crippen LogP contribution in [0.3, 0.4) is 0 Å². The van der Waals surface area contributed by atoms with Crippen LogP contribution in [0.4, 0.5) is 0 Å². The van der Waals surface area contributed by atoms with Gasteiger partial charge in [0, 0.05) is 0 Å². The molecule has 0 nitrogen and oxygen atoms in total. The fourth-order valence-electron chi connectivity index (χ4n) is 11.6. The SMILES string of the molecule is C/C([CH2][Ge])=C(\C)[CH2][Ge].CC(C)(C)[Si](C(C)(C)C)C(C)(C)C.CC(C)(C)[Si](C(C)(C)C)C(C)(C)C.CC(C)(C)[Si](C(C)(C)C)C(C)(C)C.Cc1cc(C)[c]([Ge])c(C)c1. The zero-order valence-electron chi connectivity index (χ0n) is 45.1. The molecule has 0 N–H and O–H groups in total. The van der Waals surface area contributed by atoms with Crippen molar-refractivity contribution in [2.75, 3.05) is 0 Å². The van der Waals surface area contributed by atoms with Gasteiger partial charge < -0.3 is 0 Å². The molecule has 0 aliphatic rings. The Kier molecular flexibility index (Phi) is 27.7. The molecule has 0 aromatic heterocycles. The van der Waals surface area contributed by atoms with Crippen molar-refractivity contribution in [3.05, 3.63) is 40.0 Å². The average molecular weight is 1020 g/mol. The van der Waals surface area contributed by atoms with Crippen LogP contribution in [0.1, 0.15) is 217 Å². The average Bonchev–Trinajstić information content (AvgIpc) is 2.83. The molecule has 12 radical (unpaired) electrons. The summed E-state index contributed by atoms with van der Waals surface area (Å²) in [6.07, 6.45) is 0. The first-order valence-corrected chi connectivity index (χ1v) is 30.3. The van der Waals surface area contributed by atoms with Gasteiger partial charge in [-0.3, -0.25) is 0 Å². The van der Waals surface area contributed by atoms with Gasteiger partial charge in [0.25, 0.3) is 0 Å². The molecule has 0 aliphatic heterocycles. The molecule has 1 aromatic rings. The number of hydrogen-bond acceptors (Lipinski definition) is 0. The Morgan fingerprint density at radius 1 is 0.368 bits per heavy atom. The van der Waals surface area contributed by atoms with Crippen molar-refractivity contribution >= 4 is 80.3 Å². The second kappa shape index (κ2) is 24.3. The Hall–Kier alpha value is 1.24. The van der Waals surface area contributed by atoms with Crippen molar-refractivity contribution < 1.29 is 0 Å². The third kappa shape index (κ3) is 27.8. The van der Waals surface area contributed by atoms with Gasteiger partial charge in [-0.25, -0.2) is 0 Å². The summed E-state index contributed by atoms with van der Waals surface area (Å²) >= 11 is 6.58. The van der Waals surface area contributed by atoms with E-state index in [9.17, 15) is 0 Å². The van der Waals surface area contributed by atoms with Gasteiger partial charge in [-0.05, 0) is 45.3 Å². The summed E-state index contributed by atoms with van der Waals surface area (Å²) in [5.41, 5.74) is 7.26. The minimum absolute atomic E-state index is 0.391. The molecule has 0 atom stereocenters. The first-order chi connectivity index (χ1) is 24.4. The molecule has 0 bridgehead atoms. The fraction of sp³-hybridized carbons (Fsp3) is 0.843. The summed E-state index contributed by atoms with van der Waals surface area (Å²) in [4.78, 5) is 0. The van der Waals surface area contributed by atoms with Crippen LogP contribution in [0, 0.1) is 20.8 Å². The summed E-state index contributed by atoms with van der Waals surface area (Å²) in [7, 11) is -1.17. The Morgan fingerprint density at radius 2 is 0.509 bits per heavy atom. The quantitative estimate of drug-likeness (QED) is 0.205. The Labute approximate surface area is 394 Å². The third-order valence-corrected chi connectivity index (χ3v) is 27.1. The van der Waals surface area contributed by atoms with Crippen LogP contribution in [0.5, 0.6) is 0 Å². The molecule has 0 unspecified atom stereocenters. The molecule has 1 rings (SSSR count). The molecule has 0 amide bonds. The monoisotopic (exact) mass is 1020 g/mol. The van der Waals surface area contributed by atoms with Crippen LogP contribution < -0.4 is 4.40 Å². The second-order valence-corrected chi connectivity index (χ2v) is 44.3. The second-order valence-electron chi connectivity index (χ2n) is 26.1. The van der Waals surface area contributed by atoms with E-state index in [0.29, 0.717) is 45.3 Å². The number of aryl methyl sites for hydroxylation is 3. The van der Waals surface area contributed by atoms with E-state index in [0.717, 1.165) is 0 Å². The van der Waals surface area contributed by atoms with E-state index < -0.39 is 26.4 Å². The van der Waals surface area contributed by atoms with Gasteiger partial charge in [0.2, 0.25) is 0 Å². The number of hydrogen-bond donors (Lipinski definition) is 0. The number of allylic oxidation sites excluding steroid dienone is 2. The molecule has 330 valence electrons. The topological polar surface area (TPSA) is 0 Å². The summed E-state index contributed by atoms with van der Waals surface area (Å²) < 4.78 is 1.42. The van der Waals surface area contributed by atoms with E-state index in [4.69, 9.17) is 0 Å². The first-order valence-electron chi connectivity index (χ1n) is 21.8. The van der Waals surface area contributed by atoms with Crippen LogP contribution >= 0.6 is 0 Å². The molecule has 0 heterocycles. The molecule has 0 fully saturated rings. The van der Waals surface area contributed by atoms with Gasteiger partial charge in [-0.15, -0.1) is 0 Å². The van der Waals surface area contributed by atoms with E-state index in [1.54, 1.807) is 11.1 Å². The first kappa shape index (κ1) is 64.9. The van der Waals surface area contributed by atoms with Crippen molar-refractivity contribution in [1.29, 1.82) is 0 Å². The Bertz CT molecular complexity index is 1080. The summed E-state index contributed by atoms with van der Waals surface area (Å²) in [5.74, 6) is 0. The van der Waals surface area contributed by atoms with Crippen molar-refractivity contribution in [2.45, 2.75) is 277 Å². The van der Waals surface area contributed by atoms with Gasteiger partial charge in [-0.1, -0.05) is 187 Å². The van der Waals surface area contributed by atoms with Gasteiger partial charge in [-0.2, -0.15) is 0 Å². The van der Waals surface area contributed by atoms with Crippen LogP contribution in [0.2, 0.25) is 55.9 Å². The van der Waals surface area contributed by atoms with E-state index in [1.807, 2.05) is 0 Å². The normalized spacial score (nSPS) is 14.1. The zero-order valence-corrected chi connectivity index (χ0v) is 54.4. The van der Waals surface area contributed by atoms with E-state index in [2.05, 4.69) is 283 Å². The molecular weight excluding hydrogens is 915 g/mol. The fourth-order valence-corrected chi connectivity index (χ4v) is 33.4. The zero-order chi connectivity index (χ0) is 47.5. The molecule has 1 aromatic carbocycles. The van der Waals surface area contributed by atoms with Crippen molar-refractivity contribution in [3.8, 4) is 0 Å². The van der Waals surface area contributed by atoms with Crippen LogP contribution in [-0.2, 0) is 0 Å². The maximum atomic E-state index is 2.40. The molecule has 6 heteroatoms. The molecular formula is C51H102Ge3Si3. The van der Waals surface area contributed by atoms with E-state index in [1.165, 1.54) is 31.6 Å². The summed E-state index contributed by atoms with van der Waals surface area (Å²) in [6, 6.07) is 4.45. The summed E-state index contributed by atoms with van der Waals surface area (Å²) in [5, 5.41) is 6.80. The molecule has 0 aliphatic carbocycles. The minimum atomic E-state index is -0.391. The summed E-state index contributed by atoms with van der Waals surface area (Å²) in [6.45, 7) is 75.7. The van der Waals surface area contributed by atoms with E-state index >= 15 is 0 Å². The van der Waals surface area contributed by atoms with Gasteiger partial charge >= 0.3 is 139 Å². The van der Waals surface area contributed by atoms with Crippen molar-refractivity contribution in [2.24, 2.45) is 0 Å². The van der Waals surface area contributed by atoms with Gasteiger partial charge in [0.05, 0.1) is 26.4 Å². The Morgan fingerprint density at radius 3 is 0.596 bits per heavy atom. The maximum absolute atomic E-state index is 2.40. The Balaban J connectivity index is -0.000000311. The standard InChI is InChI=1S/3C12H27Si.C9H11Ge.C6H10Ge2/c3*1-10(2,3)13(11(4,5)6)12(7,8)9;1-6-4-7(2)9(10)8(3)5-6;1-5(3-7)6(2)4-8/h3*1-9H3;4-5H,1-3H3;3-4H2,1-2H3/b;;;;6-5-. The van der Waals surface area contributed by atoms with Gasteiger partial charge in [0.1, 0.15) is 0 Å². The van der Waals surface area contributed by atoms with Crippen LogP contribution in [-0.4, -0.2) is 75.9 Å². The number of rotatable bonds is 2. The van der Waals surface area contributed by atoms with Crippen molar-refractivity contribution in [3.63, 3.8) is 0 Å². The van der Waals surface area contributed by atoms with Gasteiger partial charge in [0.15, 0.2) is 0 Å².